The van der Waals surface area contributed by atoms with Gasteiger partial charge in [-0.25, -0.2) is 9.78 Å². The smallest absolute Gasteiger partial charge is 0.318 e. The number of hydrogen-bond acceptors (Lipinski definition) is 6. The van der Waals surface area contributed by atoms with Crippen LogP contribution in [0.3, 0.4) is 0 Å². The second-order valence-electron chi connectivity index (χ2n) is 7.98. The average molecular weight is 504 g/mol. The van der Waals surface area contributed by atoms with E-state index < -0.39 is 23.4 Å². The van der Waals surface area contributed by atoms with Gasteiger partial charge in [0.1, 0.15) is 5.54 Å². The summed E-state index contributed by atoms with van der Waals surface area (Å²) in [5, 5.41) is 6.03. The normalized spacial score (nSPS) is 17.5. The molecular weight excluding hydrogens is 482 g/mol. The van der Waals surface area contributed by atoms with Gasteiger partial charge in [0, 0.05) is 11.9 Å². The molecule has 0 spiro atoms. The number of hydrogen-bond donors (Lipinski definition) is 2. The van der Waals surface area contributed by atoms with Crippen LogP contribution in [0.2, 0.25) is 0 Å². The van der Waals surface area contributed by atoms with Gasteiger partial charge >= 0.3 is 6.03 Å². The van der Waals surface area contributed by atoms with Gasteiger partial charge in [-0.3, -0.25) is 19.6 Å². The first-order chi connectivity index (χ1) is 17.0. The van der Waals surface area contributed by atoms with Gasteiger partial charge in [-0.15, -0.1) is 11.3 Å². The van der Waals surface area contributed by atoms with Crippen molar-refractivity contribution in [3.63, 3.8) is 0 Å². The Morgan fingerprint density at radius 1 is 1.06 bits per heavy atom. The Labute approximate surface area is 210 Å². The van der Waals surface area contributed by atoms with Crippen LogP contribution >= 0.6 is 23.1 Å². The monoisotopic (exact) mass is 503 g/mol. The number of amides is 4. The zero-order valence-corrected chi connectivity index (χ0v) is 20.3. The maximum atomic E-state index is 13.0. The number of urea groups is 1. The summed E-state index contributed by atoms with van der Waals surface area (Å²) in [6.45, 7) is 1.62. The summed E-state index contributed by atoms with van der Waals surface area (Å²) in [6, 6.07) is 21.9. The standard InChI is InChI=1S/C25H21N5O3S2/c1-25(17-9-4-2-5-10-17)22(32)30(23(33)27-25)28-21(31)16-35-24-26-19(20-13-8-14-34-20)15-29(24)18-11-6-3-7-12-18/h2-15H,16H2,1H3,(H,27,33)(H,28,31)/t25-/m0/s1. The molecule has 1 aliphatic rings. The van der Waals surface area contributed by atoms with Gasteiger partial charge in [-0.1, -0.05) is 66.4 Å². The van der Waals surface area contributed by atoms with Gasteiger partial charge in [0.15, 0.2) is 5.16 Å². The van der Waals surface area contributed by atoms with Crippen LogP contribution in [0.1, 0.15) is 12.5 Å². The number of carbonyl (C=O) groups excluding carboxylic acids is 3. The molecule has 1 aliphatic heterocycles. The van der Waals surface area contributed by atoms with Crippen molar-refractivity contribution in [2.24, 2.45) is 0 Å². The molecule has 0 radical (unpaired) electrons. The van der Waals surface area contributed by atoms with Crippen LogP contribution in [0.4, 0.5) is 4.79 Å². The number of imidazole rings is 1. The topological polar surface area (TPSA) is 96.3 Å². The van der Waals surface area contributed by atoms with Gasteiger partial charge in [-0.2, -0.15) is 5.01 Å². The maximum absolute atomic E-state index is 13.0. The molecule has 5 rings (SSSR count). The molecule has 4 aromatic rings. The zero-order valence-electron chi connectivity index (χ0n) is 18.7. The summed E-state index contributed by atoms with van der Waals surface area (Å²) in [4.78, 5) is 44.0. The van der Waals surface area contributed by atoms with Crippen molar-refractivity contribution in [2.75, 3.05) is 5.75 Å². The van der Waals surface area contributed by atoms with Crippen molar-refractivity contribution < 1.29 is 14.4 Å². The SMILES string of the molecule is C[C@@]1(c2ccccc2)NC(=O)N(NC(=O)CSc2nc(-c3cccs3)cn2-c2ccccc2)C1=O. The summed E-state index contributed by atoms with van der Waals surface area (Å²) in [7, 11) is 0. The van der Waals surface area contributed by atoms with Crippen LogP contribution in [0.5, 0.6) is 0 Å². The third kappa shape index (κ3) is 4.45. The molecule has 2 aromatic heterocycles. The van der Waals surface area contributed by atoms with E-state index in [9.17, 15) is 14.4 Å². The first kappa shape index (κ1) is 22.9. The fourth-order valence-electron chi connectivity index (χ4n) is 3.78. The Balaban J connectivity index is 1.31. The fraction of sp³-hybridized carbons (Fsp3) is 0.120. The second-order valence-corrected chi connectivity index (χ2v) is 9.87. The van der Waals surface area contributed by atoms with Crippen molar-refractivity contribution >= 4 is 40.9 Å². The van der Waals surface area contributed by atoms with Gasteiger partial charge in [-0.05, 0) is 36.1 Å². The summed E-state index contributed by atoms with van der Waals surface area (Å²) in [5.41, 5.74) is 3.55. The number of thioether (sulfide) groups is 1. The van der Waals surface area contributed by atoms with E-state index in [-0.39, 0.29) is 5.75 Å². The molecule has 0 bridgehead atoms. The van der Waals surface area contributed by atoms with Gasteiger partial charge in [0.2, 0.25) is 5.91 Å². The Morgan fingerprint density at radius 3 is 2.46 bits per heavy atom. The quantitative estimate of drug-likeness (QED) is 0.291. The van der Waals surface area contributed by atoms with Crippen molar-refractivity contribution in [3.8, 4) is 16.3 Å². The van der Waals surface area contributed by atoms with Crippen molar-refractivity contribution in [1.29, 1.82) is 0 Å². The summed E-state index contributed by atoms with van der Waals surface area (Å²) < 4.78 is 1.92. The van der Waals surface area contributed by atoms with Crippen molar-refractivity contribution in [3.05, 3.63) is 89.9 Å². The Kier molecular flexibility index (Phi) is 6.14. The largest absolute Gasteiger partial charge is 0.344 e. The molecule has 2 aromatic carbocycles. The Bertz CT molecular complexity index is 1370. The van der Waals surface area contributed by atoms with Gasteiger partial charge < -0.3 is 5.32 Å². The lowest BCUT2D eigenvalue weighted by Gasteiger charge is -2.22. The lowest BCUT2D eigenvalue weighted by Crippen LogP contribution is -2.48. The van der Waals surface area contributed by atoms with Crippen molar-refractivity contribution in [2.45, 2.75) is 17.6 Å². The number of thiophene rings is 1. The molecule has 1 saturated heterocycles. The van der Waals surface area contributed by atoms with E-state index in [1.165, 1.54) is 11.8 Å². The number of rotatable bonds is 7. The summed E-state index contributed by atoms with van der Waals surface area (Å²) >= 11 is 2.81. The molecular formula is C25H21N5O3S2. The number of imide groups is 1. The molecule has 0 saturated carbocycles. The molecule has 4 amide bonds. The minimum Gasteiger partial charge on any atom is -0.318 e. The van der Waals surface area contributed by atoms with E-state index >= 15 is 0 Å². The average Bonchev–Trinajstić information content (AvgIpc) is 3.60. The third-order valence-electron chi connectivity index (χ3n) is 5.59. The molecule has 176 valence electrons. The minimum absolute atomic E-state index is 0.0349. The van der Waals surface area contributed by atoms with E-state index in [4.69, 9.17) is 4.98 Å². The molecule has 0 aliphatic carbocycles. The molecule has 3 heterocycles. The zero-order chi connectivity index (χ0) is 24.4. The van der Waals surface area contributed by atoms with Crippen LogP contribution in [0.15, 0.2) is 89.5 Å². The lowest BCUT2D eigenvalue weighted by atomic mass is 9.92. The van der Waals surface area contributed by atoms with E-state index in [0.29, 0.717) is 10.7 Å². The molecule has 2 N–H and O–H groups in total. The predicted molar refractivity (Wildman–Crippen MR) is 135 cm³/mol. The fourth-order valence-corrected chi connectivity index (χ4v) is 5.24. The van der Waals surface area contributed by atoms with Gasteiger partial charge in [0.05, 0.1) is 16.3 Å². The molecule has 1 fully saturated rings. The lowest BCUT2D eigenvalue weighted by molar-refractivity contribution is -0.138. The Hall–Kier alpha value is -3.89. The number of aromatic nitrogens is 2. The number of nitrogens with zero attached hydrogens (tertiary/aromatic N) is 3. The Morgan fingerprint density at radius 2 is 1.77 bits per heavy atom. The maximum Gasteiger partial charge on any atom is 0.344 e. The van der Waals surface area contributed by atoms with Crippen molar-refractivity contribution in [1.82, 2.24) is 25.3 Å². The summed E-state index contributed by atoms with van der Waals surface area (Å²) in [6.07, 6.45) is 1.93. The van der Waals surface area contributed by atoms with Gasteiger partial charge in [0.25, 0.3) is 5.91 Å². The van der Waals surface area contributed by atoms with Crippen LogP contribution in [0.25, 0.3) is 16.3 Å². The number of hydrazine groups is 1. The van der Waals surface area contributed by atoms with E-state index in [1.807, 2.05) is 64.7 Å². The molecule has 10 heteroatoms. The number of nitrogens with one attached hydrogen (secondary N) is 2. The predicted octanol–water partition coefficient (Wildman–Crippen LogP) is 4.19. The van der Waals surface area contributed by atoms with Crippen LogP contribution < -0.4 is 10.7 Å². The molecule has 8 nitrogen and oxygen atoms in total. The highest BCUT2D eigenvalue weighted by atomic mass is 32.2. The minimum atomic E-state index is -1.25. The number of carbonyl (C=O) groups is 3. The molecule has 35 heavy (non-hydrogen) atoms. The third-order valence-corrected chi connectivity index (χ3v) is 7.44. The van der Waals surface area contributed by atoms with E-state index in [1.54, 1.807) is 42.5 Å². The highest BCUT2D eigenvalue weighted by Crippen LogP contribution is 2.30. The van der Waals surface area contributed by atoms with E-state index in [0.717, 1.165) is 21.3 Å². The van der Waals surface area contributed by atoms with Crippen LogP contribution in [-0.4, -0.2) is 38.2 Å². The molecule has 0 unspecified atom stereocenters. The first-order valence-corrected chi connectivity index (χ1v) is 12.7. The highest BCUT2D eigenvalue weighted by molar-refractivity contribution is 7.99. The number of para-hydroxylation sites is 1. The summed E-state index contributed by atoms with van der Waals surface area (Å²) in [5.74, 6) is -1.07. The highest BCUT2D eigenvalue weighted by Gasteiger charge is 2.49. The van der Waals surface area contributed by atoms with Crippen LogP contribution in [-0.2, 0) is 15.1 Å². The van der Waals surface area contributed by atoms with E-state index in [2.05, 4.69) is 10.7 Å². The number of benzene rings is 2. The second kappa shape index (κ2) is 9.40. The van der Waals surface area contributed by atoms with Crippen LogP contribution in [0, 0.1) is 0 Å². The first-order valence-electron chi connectivity index (χ1n) is 10.8. The molecule has 1 atom stereocenters.